The summed E-state index contributed by atoms with van der Waals surface area (Å²) >= 11 is 6.12. The molecule has 27 heavy (non-hydrogen) atoms. The Kier molecular flexibility index (Phi) is 5.99. The summed E-state index contributed by atoms with van der Waals surface area (Å²) in [5.41, 5.74) is 9.01. The molecule has 0 radical (unpaired) electrons. The Balaban J connectivity index is 1.75. The summed E-state index contributed by atoms with van der Waals surface area (Å²) in [4.78, 5) is 11.0. The average molecular weight is 382 g/mol. The van der Waals surface area contributed by atoms with Gasteiger partial charge in [-0.1, -0.05) is 41.9 Å². The molecule has 0 bridgehead atoms. The summed E-state index contributed by atoms with van der Waals surface area (Å²) in [6.45, 7) is 0.409. The molecule has 1 amide bonds. The monoisotopic (exact) mass is 381 g/mol. The Morgan fingerprint density at radius 1 is 1.00 bits per heavy atom. The third-order valence-electron chi connectivity index (χ3n) is 4.11. The van der Waals surface area contributed by atoms with E-state index in [1.807, 2.05) is 66.7 Å². The molecule has 138 valence electrons. The van der Waals surface area contributed by atoms with Gasteiger partial charge in [0.15, 0.2) is 0 Å². The number of halogens is 1. The minimum Gasteiger partial charge on any atom is -0.496 e. The lowest BCUT2D eigenvalue weighted by molar-refractivity contribution is -0.117. The van der Waals surface area contributed by atoms with Gasteiger partial charge in [-0.05, 0) is 53.1 Å². The van der Waals surface area contributed by atoms with Gasteiger partial charge in [0.1, 0.15) is 18.1 Å². The normalized spacial score (nSPS) is 10.4. The quantitative estimate of drug-likeness (QED) is 0.649. The van der Waals surface area contributed by atoms with E-state index in [4.69, 9.17) is 26.8 Å². The molecule has 0 fully saturated rings. The first-order valence-corrected chi connectivity index (χ1v) is 8.86. The Labute approximate surface area is 163 Å². The highest BCUT2D eigenvalue weighted by molar-refractivity contribution is 6.30. The van der Waals surface area contributed by atoms with Gasteiger partial charge in [-0.2, -0.15) is 0 Å². The molecule has 3 rings (SSSR count). The van der Waals surface area contributed by atoms with Gasteiger partial charge in [0.25, 0.3) is 0 Å². The van der Waals surface area contributed by atoms with Crippen LogP contribution < -0.4 is 15.2 Å². The SMILES string of the molecule is COc1ccc(COc2ccc(CC(N)=O)cc2)cc1-c1cccc(Cl)c1. The Bertz CT molecular complexity index is 939. The number of rotatable bonds is 7. The first kappa shape index (κ1) is 18.8. The molecule has 0 spiro atoms. The largest absolute Gasteiger partial charge is 0.496 e. The second-order valence-corrected chi connectivity index (χ2v) is 6.56. The number of ether oxygens (including phenoxy) is 2. The van der Waals surface area contributed by atoms with Crippen LogP contribution in [0.15, 0.2) is 66.7 Å². The Morgan fingerprint density at radius 2 is 1.74 bits per heavy atom. The minimum absolute atomic E-state index is 0.224. The van der Waals surface area contributed by atoms with E-state index in [1.165, 1.54) is 0 Å². The number of primary amides is 1. The van der Waals surface area contributed by atoms with Crippen molar-refractivity contribution >= 4 is 17.5 Å². The molecule has 0 aliphatic heterocycles. The van der Waals surface area contributed by atoms with Gasteiger partial charge >= 0.3 is 0 Å². The van der Waals surface area contributed by atoms with Crippen molar-refractivity contribution in [3.63, 3.8) is 0 Å². The molecule has 3 aromatic rings. The second kappa shape index (κ2) is 8.60. The van der Waals surface area contributed by atoms with Crippen molar-refractivity contribution < 1.29 is 14.3 Å². The van der Waals surface area contributed by atoms with E-state index in [9.17, 15) is 4.79 Å². The smallest absolute Gasteiger partial charge is 0.221 e. The predicted molar refractivity (Wildman–Crippen MR) is 107 cm³/mol. The van der Waals surface area contributed by atoms with Crippen molar-refractivity contribution in [2.24, 2.45) is 5.73 Å². The topological polar surface area (TPSA) is 61.6 Å². The van der Waals surface area contributed by atoms with Crippen LogP contribution in [0.4, 0.5) is 0 Å². The van der Waals surface area contributed by atoms with Crippen molar-refractivity contribution in [2.45, 2.75) is 13.0 Å². The molecule has 0 saturated heterocycles. The van der Waals surface area contributed by atoms with E-state index in [1.54, 1.807) is 7.11 Å². The molecular weight excluding hydrogens is 362 g/mol. The van der Waals surface area contributed by atoms with Crippen LogP contribution in [0.3, 0.4) is 0 Å². The van der Waals surface area contributed by atoms with Gasteiger partial charge in [0.05, 0.1) is 13.5 Å². The van der Waals surface area contributed by atoms with Gasteiger partial charge < -0.3 is 15.2 Å². The van der Waals surface area contributed by atoms with E-state index in [-0.39, 0.29) is 12.3 Å². The number of carbonyl (C=O) groups is 1. The van der Waals surface area contributed by atoms with Crippen LogP contribution in [0.2, 0.25) is 5.02 Å². The highest BCUT2D eigenvalue weighted by atomic mass is 35.5. The highest BCUT2D eigenvalue weighted by Gasteiger charge is 2.08. The van der Waals surface area contributed by atoms with Crippen LogP contribution in [-0.2, 0) is 17.8 Å². The maximum atomic E-state index is 11.0. The molecular formula is C22H20ClNO3. The molecule has 3 aromatic carbocycles. The number of hydrogen-bond acceptors (Lipinski definition) is 3. The van der Waals surface area contributed by atoms with Crippen LogP contribution in [0.1, 0.15) is 11.1 Å². The molecule has 0 heterocycles. The van der Waals surface area contributed by atoms with Crippen molar-refractivity contribution in [3.8, 4) is 22.6 Å². The fraction of sp³-hybridized carbons (Fsp3) is 0.136. The number of methoxy groups -OCH3 is 1. The van der Waals surface area contributed by atoms with Crippen LogP contribution in [0.5, 0.6) is 11.5 Å². The first-order chi connectivity index (χ1) is 13.0. The summed E-state index contributed by atoms with van der Waals surface area (Å²) in [6.07, 6.45) is 0.224. The molecule has 0 aliphatic rings. The van der Waals surface area contributed by atoms with E-state index < -0.39 is 0 Å². The van der Waals surface area contributed by atoms with Gasteiger partial charge in [-0.3, -0.25) is 4.79 Å². The maximum Gasteiger partial charge on any atom is 0.221 e. The first-order valence-electron chi connectivity index (χ1n) is 8.48. The Morgan fingerprint density at radius 3 is 2.41 bits per heavy atom. The van der Waals surface area contributed by atoms with Gasteiger partial charge in [-0.15, -0.1) is 0 Å². The minimum atomic E-state index is -0.351. The molecule has 0 unspecified atom stereocenters. The lowest BCUT2D eigenvalue weighted by atomic mass is 10.0. The van der Waals surface area contributed by atoms with E-state index >= 15 is 0 Å². The number of carbonyl (C=O) groups excluding carboxylic acids is 1. The van der Waals surface area contributed by atoms with Crippen LogP contribution in [-0.4, -0.2) is 13.0 Å². The molecule has 4 nitrogen and oxygen atoms in total. The van der Waals surface area contributed by atoms with Crippen LogP contribution >= 0.6 is 11.6 Å². The second-order valence-electron chi connectivity index (χ2n) is 6.12. The Hall–Kier alpha value is -2.98. The van der Waals surface area contributed by atoms with Crippen LogP contribution in [0.25, 0.3) is 11.1 Å². The predicted octanol–water partition coefficient (Wildman–Crippen LogP) is 4.62. The lowest BCUT2D eigenvalue weighted by Crippen LogP contribution is -2.13. The molecule has 0 aromatic heterocycles. The highest BCUT2D eigenvalue weighted by Crippen LogP contribution is 2.32. The number of hydrogen-bond donors (Lipinski definition) is 1. The zero-order chi connectivity index (χ0) is 19.2. The standard InChI is InChI=1S/C22H20ClNO3/c1-26-21-10-7-16(11-20(21)17-3-2-4-18(23)13-17)14-27-19-8-5-15(6-9-19)12-22(24)25/h2-11,13H,12,14H2,1H3,(H2,24,25). The van der Waals surface area contributed by atoms with E-state index in [0.29, 0.717) is 11.6 Å². The van der Waals surface area contributed by atoms with Gasteiger partial charge in [0.2, 0.25) is 5.91 Å². The fourth-order valence-electron chi connectivity index (χ4n) is 2.80. The zero-order valence-electron chi connectivity index (χ0n) is 14.9. The molecule has 0 atom stereocenters. The van der Waals surface area contributed by atoms with Crippen molar-refractivity contribution in [1.29, 1.82) is 0 Å². The summed E-state index contributed by atoms with van der Waals surface area (Å²) < 4.78 is 11.3. The van der Waals surface area contributed by atoms with Crippen LogP contribution in [0, 0.1) is 0 Å². The number of benzene rings is 3. The fourth-order valence-corrected chi connectivity index (χ4v) is 2.99. The molecule has 5 heteroatoms. The average Bonchev–Trinajstić information content (AvgIpc) is 2.67. The molecule has 2 N–H and O–H groups in total. The third-order valence-corrected chi connectivity index (χ3v) is 4.34. The zero-order valence-corrected chi connectivity index (χ0v) is 15.7. The summed E-state index contributed by atoms with van der Waals surface area (Å²) in [5.74, 6) is 1.15. The summed E-state index contributed by atoms with van der Waals surface area (Å²) in [7, 11) is 1.65. The van der Waals surface area contributed by atoms with Crippen molar-refractivity contribution in [3.05, 3.63) is 82.9 Å². The van der Waals surface area contributed by atoms with Gasteiger partial charge in [0, 0.05) is 10.6 Å². The van der Waals surface area contributed by atoms with Gasteiger partial charge in [-0.25, -0.2) is 0 Å². The maximum absolute atomic E-state index is 11.0. The summed E-state index contributed by atoms with van der Waals surface area (Å²) in [6, 6.07) is 20.9. The summed E-state index contributed by atoms with van der Waals surface area (Å²) in [5, 5.41) is 0.673. The van der Waals surface area contributed by atoms with E-state index in [2.05, 4.69) is 0 Å². The molecule has 0 saturated carbocycles. The van der Waals surface area contributed by atoms with Crippen molar-refractivity contribution in [1.82, 2.24) is 0 Å². The lowest BCUT2D eigenvalue weighted by Gasteiger charge is -2.12. The molecule has 0 aliphatic carbocycles. The third kappa shape index (κ3) is 5.02. The number of amides is 1. The van der Waals surface area contributed by atoms with Crippen molar-refractivity contribution in [2.75, 3.05) is 7.11 Å². The number of nitrogens with two attached hydrogens (primary N) is 1. The van der Waals surface area contributed by atoms with E-state index in [0.717, 1.165) is 33.8 Å².